The Morgan fingerprint density at radius 2 is 2.21 bits per heavy atom. The number of carbonyl (C=O) groups is 1. The molecule has 3 N–H and O–H groups in total. The lowest BCUT2D eigenvalue weighted by Gasteiger charge is -2.16. The van der Waals surface area contributed by atoms with Crippen LogP contribution in [0.1, 0.15) is 57.8 Å². The van der Waals surface area contributed by atoms with Gasteiger partial charge in [0, 0.05) is 6.42 Å². The van der Waals surface area contributed by atoms with Crippen LogP contribution in [0, 0.1) is 5.92 Å². The van der Waals surface area contributed by atoms with Gasteiger partial charge in [-0.2, -0.15) is 0 Å². The molecule has 0 fully saturated rings. The average molecular weight is 266 g/mol. The molecule has 0 aliphatic carbocycles. The summed E-state index contributed by atoms with van der Waals surface area (Å²) in [7, 11) is 0. The first-order valence-corrected chi connectivity index (χ1v) is 7.20. The third-order valence-corrected chi connectivity index (χ3v) is 3.40. The standard InChI is InChI=1S/C15H26N2O2/c1-3-5-13(9-10-16)7-8-15(18)17-12(2)14-6-4-11-19-14/h4,6,11-13H,3,5,7-10,16H2,1-2H3,(H,17,18)/t12-,13?/m1/s1. The number of hydrogen-bond donors (Lipinski definition) is 2. The maximum atomic E-state index is 11.9. The van der Waals surface area contributed by atoms with Gasteiger partial charge in [-0.3, -0.25) is 4.79 Å². The first-order valence-electron chi connectivity index (χ1n) is 7.20. The molecule has 19 heavy (non-hydrogen) atoms. The molecule has 2 atom stereocenters. The maximum Gasteiger partial charge on any atom is 0.220 e. The van der Waals surface area contributed by atoms with Crippen molar-refractivity contribution in [2.75, 3.05) is 6.54 Å². The van der Waals surface area contributed by atoms with Crippen molar-refractivity contribution in [2.45, 2.75) is 52.0 Å². The quantitative estimate of drug-likeness (QED) is 0.722. The first-order chi connectivity index (χ1) is 9.17. The van der Waals surface area contributed by atoms with E-state index in [1.54, 1.807) is 6.26 Å². The average Bonchev–Trinajstić information content (AvgIpc) is 2.90. The summed E-state index contributed by atoms with van der Waals surface area (Å²) in [6, 6.07) is 3.64. The van der Waals surface area contributed by atoms with Gasteiger partial charge in [-0.1, -0.05) is 19.8 Å². The molecule has 0 aliphatic rings. The van der Waals surface area contributed by atoms with Crippen molar-refractivity contribution >= 4 is 5.91 Å². The second-order valence-corrected chi connectivity index (χ2v) is 5.08. The molecular formula is C15H26N2O2. The Morgan fingerprint density at radius 3 is 2.79 bits per heavy atom. The van der Waals surface area contributed by atoms with Crippen LogP contribution in [0.5, 0.6) is 0 Å². The summed E-state index contributed by atoms with van der Waals surface area (Å²) in [5.74, 6) is 1.45. The number of rotatable bonds is 9. The minimum Gasteiger partial charge on any atom is -0.467 e. The lowest BCUT2D eigenvalue weighted by Crippen LogP contribution is -2.26. The van der Waals surface area contributed by atoms with Gasteiger partial charge in [0.2, 0.25) is 5.91 Å². The maximum absolute atomic E-state index is 11.9. The molecule has 1 amide bonds. The predicted molar refractivity (Wildman–Crippen MR) is 76.6 cm³/mol. The zero-order valence-corrected chi connectivity index (χ0v) is 12.0. The first kappa shape index (κ1) is 15.8. The number of hydrogen-bond acceptors (Lipinski definition) is 3. The van der Waals surface area contributed by atoms with E-state index < -0.39 is 0 Å². The monoisotopic (exact) mass is 266 g/mol. The van der Waals surface area contributed by atoms with Crippen molar-refractivity contribution in [1.82, 2.24) is 5.32 Å². The van der Waals surface area contributed by atoms with Crippen LogP contribution in [0.3, 0.4) is 0 Å². The van der Waals surface area contributed by atoms with Gasteiger partial charge in [0.15, 0.2) is 0 Å². The molecule has 1 aromatic rings. The SMILES string of the molecule is CCCC(CCN)CCC(=O)N[C@H](C)c1ccco1. The van der Waals surface area contributed by atoms with Gasteiger partial charge in [-0.05, 0) is 44.4 Å². The van der Waals surface area contributed by atoms with Gasteiger partial charge in [-0.15, -0.1) is 0 Å². The van der Waals surface area contributed by atoms with Crippen LogP contribution >= 0.6 is 0 Å². The summed E-state index contributed by atoms with van der Waals surface area (Å²) in [6.07, 6.45) is 6.41. The second-order valence-electron chi connectivity index (χ2n) is 5.08. The van der Waals surface area contributed by atoms with Crippen molar-refractivity contribution in [2.24, 2.45) is 11.7 Å². The van der Waals surface area contributed by atoms with Crippen LogP contribution in [0.2, 0.25) is 0 Å². The normalized spacial score (nSPS) is 14.1. The van der Waals surface area contributed by atoms with Crippen LogP contribution in [-0.4, -0.2) is 12.5 Å². The molecule has 1 aromatic heterocycles. The minimum absolute atomic E-state index is 0.0679. The fraction of sp³-hybridized carbons (Fsp3) is 0.667. The molecule has 0 spiro atoms. The minimum atomic E-state index is -0.0679. The second kappa shape index (κ2) is 8.75. The number of amides is 1. The van der Waals surface area contributed by atoms with E-state index in [4.69, 9.17) is 10.2 Å². The fourth-order valence-electron chi connectivity index (χ4n) is 2.33. The third kappa shape index (κ3) is 5.92. The Kier molecular flexibility index (Phi) is 7.26. The highest BCUT2D eigenvalue weighted by Gasteiger charge is 2.14. The molecule has 0 aromatic carbocycles. The van der Waals surface area contributed by atoms with Crippen LogP contribution in [0.15, 0.2) is 22.8 Å². The zero-order chi connectivity index (χ0) is 14.1. The molecule has 108 valence electrons. The molecule has 0 aliphatic heterocycles. The molecule has 4 heteroatoms. The van der Waals surface area contributed by atoms with Crippen molar-refractivity contribution < 1.29 is 9.21 Å². The van der Waals surface area contributed by atoms with Crippen LogP contribution in [0.25, 0.3) is 0 Å². The summed E-state index contributed by atoms with van der Waals surface area (Å²) in [5, 5.41) is 2.96. The van der Waals surface area contributed by atoms with E-state index >= 15 is 0 Å². The molecule has 0 radical (unpaired) electrons. The fourth-order valence-corrected chi connectivity index (χ4v) is 2.33. The van der Waals surface area contributed by atoms with Gasteiger partial charge in [-0.25, -0.2) is 0 Å². The summed E-state index contributed by atoms with van der Waals surface area (Å²) in [6.45, 7) is 4.80. The van der Waals surface area contributed by atoms with Crippen molar-refractivity contribution in [3.8, 4) is 0 Å². The van der Waals surface area contributed by atoms with Gasteiger partial charge >= 0.3 is 0 Å². The van der Waals surface area contributed by atoms with E-state index in [-0.39, 0.29) is 11.9 Å². The highest BCUT2D eigenvalue weighted by Crippen LogP contribution is 2.18. The Morgan fingerprint density at radius 1 is 1.42 bits per heavy atom. The molecule has 1 unspecified atom stereocenters. The zero-order valence-electron chi connectivity index (χ0n) is 12.0. The lowest BCUT2D eigenvalue weighted by atomic mass is 9.94. The Balaban J connectivity index is 2.30. The molecule has 4 nitrogen and oxygen atoms in total. The largest absolute Gasteiger partial charge is 0.467 e. The lowest BCUT2D eigenvalue weighted by molar-refractivity contribution is -0.122. The van der Waals surface area contributed by atoms with Crippen molar-refractivity contribution in [1.29, 1.82) is 0 Å². The molecule has 1 rings (SSSR count). The third-order valence-electron chi connectivity index (χ3n) is 3.40. The number of carbonyl (C=O) groups excluding carboxylic acids is 1. The van der Waals surface area contributed by atoms with E-state index in [2.05, 4.69) is 12.2 Å². The molecule has 0 bridgehead atoms. The van der Waals surface area contributed by atoms with Crippen LogP contribution < -0.4 is 11.1 Å². The highest BCUT2D eigenvalue weighted by atomic mass is 16.3. The van der Waals surface area contributed by atoms with E-state index in [9.17, 15) is 4.79 Å². The summed E-state index contributed by atoms with van der Waals surface area (Å²) in [4.78, 5) is 11.9. The van der Waals surface area contributed by atoms with Crippen molar-refractivity contribution in [3.63, 3.8) is 0 Å². The molecule has 0 saturated heterocycles. The molecule has 1 heterocycles. The van der Waals surface area contributed by atoms with Gasteiger partial charge in [0.05, 0.1) is 12.3 Å². The number of furan rings is 1. The summed E-state index contributed by atoms with van der Waals surface area (Å²) < 4.78 is 5.27. The number of nitrogens with two attached hydrogens (primary N) is 1. The summed E-state index contributed by atoms with van der Waals surface area (Å²) >= 11 is 0. The Bertz CT molecular complexity index is 343. The summed E-state index contributed by atoms with van der Waals surface area (Å²) in [5.41, 5.74) is 5.60. The Hall–Kier alpha value is -1.29. The molecule has 0 saturated carbocycles. The van der Waals surface area contributed by atoms with Crippen molar-refractivity contribution in [3.05, 3.63) is 24.2 Å². The Labute approximate surface area is 115 Å². The van der Waals surface area contributed by atoms with E-state index in [1.165, 1.54) is 0 Å². The van der Waals surface area contributed by atoms with Gasteiger partial charge in [0.1, 0.15) is 5.76 Å². The molecular weight excluding hydrogens is 240 g/mol. The van der Waals surface area contributed by atoms with Crippen LogP contribution in [-0.2, 0) is 4.79 Å². The number of nitrogens with one attached hydrogen (secondary N) is 1. The van der Waals surface area contributed by atoms with E-state index in [0.29, 0.717) is 18.9 Å². The smallest absolute Gasteiger partial charge is 0.220 e. The van der Waals surface area contributed by atoms with Gasteiger partial charge < -0.3 is 15.5 Å². The van der Waals surface area contributed by atoms with Gasteiger partial charge in [0.25, 0.3) is 0 Å². The van der Waals surface area contributed by atoms with Crippen LogP contribution in [0.4, 0.5) is 0 Å². The highest BCUT2D eigenvalue weighted by molar-refractivity contribution is 5.76. The topological polar surface area (TPSA) is 68.3 Å². The predicted octanol–water partition coefficient (Wildman–Crippen LogP) is 3.00. The van der Waals surface area contributed by atoms with E-state index in [1.807, 2.05) is 19.1 Å². The van der Waals surface area contributed by atoms with E-state index in [0.717, 1.165) is 31.4 Å².